The Hall–Kier alpha value is -1.01. The summed E-state index contributed by atoms with van der Waals surface area (Å²) in [6, 6.07) is 3.10. The largest absolute Gasteiger partial charge is 0.435 e. The van der Waals surface area contributed by atoms with Crippen LogP contribution >= 0.6 is 12.4 Å². The monoisotopic (exact) mass is 307 g/mol. The maximum absolute atomic E-state index is 13.0. The van der Waals surface area contributed by atoms with Crippen LogP contribution < -0.4 is 10.2 Å². The van der Waals surface area contributed by atoms with Crippen molar-refractivity contribution in [2.45, 2.75) is 12.6 Å². The Balaban J connectivity index is 0.00000147. The normalized spacial score (nSPS) is 26.1. The molecular weight excluding hydrogens is 291 g/mol. The van der Waals surface area contributed by atoms with Gasteiger partial charge in [-0.25, -0.2) is 4.98 Å². The van der Waals surface area contributed by atoms with Crippen molar-refractivity contribution in [2.75, 3.05) is 31.1 Å². The van der Waals surface area contributed by atoms with Gasteiger partial charge in [-0.1, -0.05) is 0 Å². The number of fused-ring (bicyclic) bond motifs is 1. The number of pyridine rings is 1. The molecule has 0 radical (unpaired) electrons. The van der Waals surface area contributed by atoms with Crippen molar-refractivity contribution in [3.05, 3.63) is 24.0 Å². The van der Waals surface area contributed by atoms with Gasteiger partial charge < -0.3 is 10.2 Å². The molecule has 0 bridgehead atoms. The van der Waals surface area contributed by atoms with Crippen molar-refractivity contribution in [3.63, 3.8) is 0 Å². The van der Waals surface area contributed by atoms with E-state index in [0.29, 0.717) is 24.9 Å². The second kappa shape index (κ2) is 5.77. The summed E-state index contributed by atoms with van der Waals surface area (Å²) in [6.07, 6.45) is -2.23. The zero-order valence-electron chi connectivity index (χ0n) is 10.9. The number of halogens is 4. The highest BCUT2D eigenvalue weighted by atomic mass is 35.5. The second-order valence-electron chi connectivity index (χ2n) is 5.28. The van der Waals surface area contributed by atoms with Gasteiger partial charge >= 0.3 is 6.18 Å². The van der Waals surface area contributed by atoms with E-state index in [2.05, 4.69) is 10.3 Å². The first-order chi connectivity index (χ1) is 9.05. The molecule has 3 rings (SSSR count). The van der Waals surface area contributed by atoms with Gasteiger partial charge in [-0.3, -0.25) is 0 Å². The first kappa shape index (κ1) is 15.4. The van der Waals surface area contributed by atoms with E-state index in [0.717, 1.165) is 19.5 Å². The highest BCUT2D eigenvalue weighted by Crippen LogP contribution is 2.37. The molecule has 3 nitrogen and oxygen atoms in total. The fraction of sp³-hybridized carbons (Fsp3) is 0.615. The molecule has 0 unspecified atom stereocenters. The van der Waals surface area contributed by atoms with E-state index in [1.807, 2.05) is 4.90 Å². The molecule has 0 aliphatic carbocycles. The lowest BCUT2D eigenvalue weighted by Gasteiger charge is -2.36. The Labute approximate surface area is 122 Å². The molecule has 1 aromatic rings. The average Bonchev–Trinajstić information content (AvgIpc) is 2.85. The van der Waals surface area contributed by atoms with Crippen molar-refractivity contribution < 1.29 is 13.2 Å². The van der Waals surface area contributed by atoms with Crippen molar-refractivity contribution in [2.24, 2.45) is 11.8 Å². The maximum atomic E-state index is 13.0. The summed E-state index contributed by atoms with van der Waals surface area (Å²) in [5.41, 5.74) is -0.542. The molecule has 20 heavy (non-hydrogen) atoms. The van der Waals surface area contributed by atoms with Gasteiger partial charge in [-0.2, -0.15) is 13.2 Å². The minimum absolute atomic E-state index is 0. The van der Waals surface area contributed by atoms with E-state index in [-0.39, 0.29) is 18.1 Å². The predicted octanol–water partition coefficient (Wildman–Crippen LogP) is 2.57. The smallest absolute Gasteiger partial charge is 0.369 e. The summed E-state index contributed by atoms with van der Waals surface area (Å²) in [6.45, 7) is 3.27. The van der Waals surface area contributed by atoms with Crippen LogP contribution in [0.4, 0.5) is 18.9 Å². The predicted molar refractivity (Wildman–Crippen MR) is 73.2 cm³/mol. The molecule has 112 valence electrons. The quantitative estimate of drug-likeness (QED) is 0.864. The minimum Gasteiger partial charge on any atom is -0.369 e. The lowest BCUT2D eigenvalue weighted by Crippen LogP contribution is -2.41. The van der Waals surface area contributed by atoms with E-state index >= 15 is 0 Å². The number of alkyl halides is 3. The highest BCUT2D eigenvalue weighted by Gasteiger charge is 2.39. The van der Waals surface area contributed by atoms with E-state index in [4.69, 9.17) is 0 Å². The molecule has 2 aliphatic heterocycles. The van der Waals surface area contributed by atoms with Crippen molar-refractivity contribution in [1.82, 2.24) is 10.3 Å². The van der Waals surface area contributed by atoms with Gasteiger partial charge in [0.1, 0.15) is 0 Å². The van der Waals surface area contributed by atoms with Crippen LogP contribution in [0.15, 0.2) is 18.3 Å². The number of aromatic nitrogens is 1. The SMILES string of the molecule is Cl.FC(F)(F)c1ncccc1N1CC[C@@H]2CNC[C@@H]2C1. The Morgan fingerprint density at radius 3 is 2.75 bits per heavy atom. The fourth-order valence-corrected chi connectivity index (χ4v) is 3.12. The summed E-state index contributed by atoms with van der Waals surface area (Å²) in [4.78, 5) is 5.37. The molecule has 0 saturated carbocycles. The lowest BCUT2D eigenvalue weighted by atomic mass is 9.88. The number of anilines is 1. The van der Waals surface area contributed by atoms with Gasteiger partial charge in [0, 0.05) is 19.3 Å². The Bertz CT molecular complexity index is 466. The molecule has 1 N–H and O–H groups in total. The Kier molecular flexibility index (Phi) is 4.44. The summed E-state index contributed by atoms with van der Waals surface area (Å²) in [7, 11) is 0. The van der Waals surface area contributed by atoms with Gasteiger partial charge in [-0.05, 0) is 43.5 Å². The Morgan fingerprint density at radius 1 is 1.25 bits per heavy atom. The Morgan fingerprint density at radius 2 is 2.00 bits per heavy atom. The van der Waals surface area contributed by atoms with E-state index in [1.54, 1.807) is 6.07 Å². The summed E-state index contributed by atoms with van der Waals surface area (Å²) in [5.74, 6) is 1.07. The molecule has 0 amide bonds. The van der Waals surface area contributed by atoms with Gasteiger partial charge in [0.05, 0.1) is 5.69 Å². The first-order valence-corrected chi connectivity index (χ1v) is 6.53. The van der Waals surface area contributed by atoms with Crippen LogP contribution in [0.2, 0.25) is 0 Å². The number of hydrogen-bond acceptors (Lipinski definition) is 3. The van der Waals surface area contributed by atoms with Crippen LogP contribution in [0, 0.1) is 11.8 Å². The van der Waals surface area contributed by atoms with Crippen LogP contribution in [0.5, 0.6) is 0 Å². The van der Waals surface area contributed by atoms with Crippen molar-refractivity contribution in [1.29, 1.82) is 0 Å². The highest BCUT2D eigenvalue weighted by molar-refractivity contribution is 5.85. The van der Waals surface area contributed by atoms with Crippen LogP contribution in [0.3, 0.4) is 0 Å². The van der Waals surface area contributed by atoms with E-state index < -0.39 is 11.9 Å². The molecule has 0 aromatic carbocycles. The first-order valence-electron chi connectivity index (χ1n) is 6.53. The van der Waals surface area contributed by atoms with Crippen LogP contribution in [0.25, 0.3) is 0 Å². The van der Waals surface area contributed by atoms with E-state index in [1.165, 1.54) is 12.3 Å². The molecule has 2 aliphatic rings. The summed E-state index contributed by atoms with van der Waals surface area (Å²) < 4.78 is 38.9. The molecule has 7 heteroatoms. The molecule has 2 fully saturated rings. The molecule has 1 aromatic heterocycles. The van der Waals surface area contributed by atoms with Gasteiger partial charge in [-0.15, -0.1) is 12.4 Å². The van der Waals surface area contributed by atoms with Gasteiger partial charge in [0.25, 0.3) is 0 Å². The van der Waals surface area contributed by atoms with Gasteiger partial charge in [0.2, 0.25) is 0 Å². The number of hydrogen-bond donors (Lipinski definition) is 1. The zero-order valence-corrected chi connectivity index (χ0v) is 11.7. The number of piperidine rings is 1. The zero-order chi connectivity index (χ0) is 13.5. The van der Waals surface area contributed by atoms with E-state index in [9.17, 15) is 13.2 Å². The molecule has 2 atom stereocenters. The minimum atomic E-state index is -4.39. The molecule has 3 heterocycles. The van der Waals surface area contributed by atoms with Crippen LogP contribution in [0.1, 0.15) is 12.1 Å². The molecular formula is C13H17ClF3N3. The number of nitrogens with zero attached hydrogens (tertiary/aromatic N) is 2. The average molecular weight is 308 g/mol. The maximum Gasteiger partial charge on any atom is 0.435 e. The summed E-state index contributed by atoms with van der Waals surface area (Å²) in [5, 5.41) is 3.32. The lowest BCUT2D eigenvalue weighted by molar-refractivity contribution is -0.140. The van der Waals surface area contributed by atoms with Crippen molar-refractivity contribution in [3.8, 4) is 0 Å². The molecule has 2 saturated heterocycles. The number of rotatable bonds is 1. The fourth-order valence-electron chi connectivity index (χ4n) is 3.12. The standard InChI is InChI=1S/C13H16F3N3.ClH/c14-13(15,16)12-11(2-1-4-18-12)19-5-3-9-6-17-7-10(9)8-19;/h1-2,4,9-10,17H,3,5-8H2;1H/t9-,10-;/m1./s1. The third kappa shape index (κ3) is 2.86. The van der Waals surface area contributed by atoms with Gasteiger partial charge in [0.15, 0.2) is 5.69 Å². The van der Waals surface area contributed by atoms with Crippen LogP contribution in [-0.4, -0.2) is 31.2 Å². The third-order valence-electron chi connectivity index (χ3n) is 4.10. The van der Waals surface area contributed by atoms with Crippen molar-refractivity contribution >= 4 is 18.1 Å². The molecule has 0 spiro atoms. The number of nitrogens with one attached hydrogen (secondary N) is 1. The van der Waals surface area contributed by atoms with Crippen LogP contribution in [-0.2, 0) is 6.18 Å². The topological polar surface area (TPSA) is 28.2 Å². The summed E-state index contributed by atoms with van der Waals surface area (Å²) >= 11 is 0. The third-order valence-corrected chi connectivity index (χ3v) is 4.10. The second-order valence-corrected chi connectivity index (χ2v) is 5.28.